The summed E-state index contributed by atoms with van der Waals surface area (Å²) < 4.78 is 10.6. The molecular weight excluding hydrogens is 292 g/mol. The minimum atomic E-state index is -0.364. The Morgan fingerprint density at radius 3 is 2.57 bits per heavy atom. The first-order valence-corrected chi connectivity index (χ1v) is 8.15. The topological polar surface area (TPSA) is 56.5 Å². The lowest BCUT2D eigenvalue weighted by Crippen LogP contribution is -1.98. The van der Waals surface area contributed by atoms with Crippen LogP contribution in [0.25, 0.3) is 5.57 Å². The highest BCUT2D eigenvalue weighted by molar-refractivity contribution is 5.95. The van der Waals surface area contributed by atoms with Crippen LogP contribution in [0.15, 0.2) is 28.7 Å². The van der Waals surface area contributed by atoms with Gasteiger partial charge in [-0.15, -0.1) is 0 Å². The molecule has 0 fully saturated rings. The first-order valence-electron chi connectivity index (χ1n) is 8.15. The third kappa shape index (κ3) is 6.27. The molecule has 1 heterocycles. The molecule has 1 aromatic rings. The second kappa shape index (κ2) is 9.82. The summed E-state index contributed by atoms with van der Waals surface area (Å²) in [5, 5.41) is 0. The van der Waals surface area contributed by atoms with E-state index in [-0.39, 0.29) is 11.8 Å². The zero-order valence-corrected chi connectivity index (χ0v) is 14.5. The van der Waals surface area contributed by atoms with Crippen molar-refractivity contribution < 1.29 is 18.7 Å². The van der Waals surface area contributed by atoms with E-state index in [0.717, 1.165) is 31.3 Å². The molecule has 23 heavy (non-hydrogen) atoms. The number of allylic oxidation sites excluding steroid dienone is 3. The fraction of sp³-hybridized carbons (Fsp3) is 0.474. The van der Waals surface area contributed by atoms with Gasteiger partial charge in [0.2, 0.25) is 0 Å². The van der Waals surface area contributed by atoms with Gasteiger partial charge in [-0.3, -0.25) is 4.79 Å². The predicted octanol–water partition coefficient (Wildman–Crippen LogP) is 4.87. The van der Waals surface area contributed by atoms with E-state index in [4.69, 9.17) is 9.15 Å². The van der Waals surface area contributed by atoms with Crippen LogP contribution in [0.4, 0.5) is 0 Å². The number of hydrogen-bond acceptors (Lipinski definition) is 4. The molecule has 0 spiro atoms. The summed E-state index contributed by atoms with van der Waals surface area (Å²) in [6.45, 7) is 7.60. The maximum atomic E-state index is 11.6. The van der Waals surface area contributed by atoms with Gasteiger partial charge >= 0.3 is 5.97 Å². The van der Waals surface area contributed by atoms with E-state index in [1.54, 1.807) is 26.0 Å². The molecule has 0 N–H and O–H groups in total. The number of carbonyl (C=O) groups excluding carboxylic acids is 2. The number of esters is 1. The van der Waals surface area contributed by atoms with Crippen LogP contribution in [0.3, 0.4) is 0 Å². The molecule has 0 aromatic carbocycles. The number of aryl methyl sites for hydroxylation is 1. The zero-order chi connectivity index (χ0) is 17.2. The number of carbonyl (C=O) groups is 2. The Morgan fingerprint density at radius 2 is 2.00 bits per heavy atom. The Labute approximate surface area is 138 Å². The number of ether oxygens (including phenoxy) is 1. The molecule has 0 aliphatic heterocycles. The van der Waals surface area contributed by atoms with Crippen LogP contribution >= 0.6 is 0 Å². The molecule has 126 valence electrons. The van der Waals surface area contributed by atoms with Crippen molar-refractivity contribution in [3.8, 4) is 0 Å². The van der Waals surface area contributed by atoms with Crippen LogP contribution in [0.1, 0.15) is 68.3 Å². The van der Waals surface area contributed by atoms with Crippen molar-refractivity contribution in [2.75, 3.05) is 6.61 Å². The summed E-state index contributed by atoms with van der Waals surface area (Å²) >= 11 is 0. The van der Waals surface area contributed by atoms with Gasteiger partial charge in [-0.05, 0) is 45.3 Å². The highest BCUT2D eigenvalue weighted by Gasteiger charge is 2.13. The van der Waals surface area contributed by atoms with E-state index in [1.807, 2.05) is 6.08 Å². The maximum Gasteiger partial charge on any atom is 0.330 e. The first-order chi connectivity index (χ1) is 11.0. The molecule has 4 heteroatoms. The van der Waals surface area contributed by atoms with Crippen LogP contribution in [-0.2, 0) is 9.53 Å². The highest BCUT2D eigenvalue weighted by Crippen LogP contribution is 2.26. The van der Waals surface area contributed by atoms with Crippen LogP contribution in [0.2, 0.25) is 0 Å². The van der Waals surface area contributed by atoms with E-state index in [9.17, 15) is 9.59 Å². The SMILES string of the molecule is CCCCC/C(=C/C=C\C(=O)OCC)c1cc(C(C)=O)c(C)o1. The van der Waals surface area contributed by atoms with Crippen LogP contribution in [-0.4, -0.2) is 18.4 Å². The van der Waals surface area contributed by atoms with Crippen molar-refractivity contribution in [1.29, 1.82) is 0 Å². The first kappa shape index (κ1) is 18.9. The second-order valence-corrected chi connectivity index (χ2v) is 5.40. The molecule has 0 unspecified atom stereocenters. The van der Waals surface area contributed by atoms with Crippen molar-refractivity contribution in [2.24, 2.45) is 0 Å². The lowest BCUT2D eigenvalue weighted by Gasteiger charge is -2.03. The largest absolute Gasteiger partial charge is 0.463 e. The molecule has 0 amide bonds. The molecule has 0 saturated carbocycles. The van der Waals surface area contributed by atoms with Gasteiger partial charge in [-0.1, -0.05) is 31.9 Å². The number of furan rings is 1. The fourth-order valence-electron chi connectivity index (χ4n) is 2.28. The Bertz CT molecular complexity index is 591. The summed E-state index contributed by atoms with van der Waals surface area (Å²) in [7, 11) is 0. The van der Waals surface area contributed by atoms with Gasteiger partial charge in [0.15, 0.2) is 5.78 Å². The third-order valence-corrected chi connectivity index (χ3v) is 3.48. The average Bonchev–Trinajstić information content (AvgIpc) is 2.88. The molecule has 0 bridgehead atoms. The van der Waals surface area contributed by atoms with Crippen LogP contribution < -0.4 is 0 Å². The molecule has 0 saturated heterocycles. The van der Waals surface area contributed by atoms with Crippen molar-refractivity contribution in [3.63, 3.8) is 0 Å². The molecule has 1 aromatic heterocycles. The minimum Gasteiger partial charge on any atom is -0.463 e. The highest BCUT2D eigenvalue weighted by atomic mass is 16.5. The summed E-state index contributed by atoms with van der Waals surface area (Å²) in [5.41, 5.74) is 1.59. The normalized spacial score (nSPS) is 11.9. The molecule has 1 rings (SSSR count). The number of ketones is 1. The number of rotatable bonds is 9. The van der Waals surface area contributed by atoms with E-state index >= 15 is 0 Å². The molecule has 4 nitrogen and oxygen atoms in total. The molecule has 0 atom stereocenters. The average molecular weight is 318 g/mol. The summed E-state index contributed by atoms with van der Waals surface area (Å²) in [4.78, 5) is 22.9. The smallest absolute Gasteiger partial charge is 0.330 e. The molecule has 0 radical (unpaired) electrons. The van der Waals surface area contributed by atoms with Gasteiger partial charge in [-0.2, -0.15) is 0 Å². The van der Waals surface area contributed by atoms with E-state index in [2.05, 4.69) is 6.92 Å². The number of hydrogen-bond donors (Lipinski definition) is 0. The predicted molar refractivity (Wildman–Crippen MR) is 91.3 cm³/mol. The lowest BCUT2D eigenvalue weighted by atomic mass is 10.0. The van der Waals surface area contributed by atoms with Crippen LogP contribution in [0.5, 0.6) is 0 Å². The summed E-state index contributed by atoms with van der Waals surface area (Å²) in [6, 6.07) is 1.79. The van der Waals surface area contributed by atoms with E-state index < -0.39 is 0 Å². The summed E-state index contributed by atoms with van der Waals surface area (Å²) in [6.07, 6.45) is 9.04. The molecular formula is C19H26O4. The van der Waals surface area contributed by atoms with Gasteiger partial charge in [-0.25, -0.2) is 4.79 Å². The van der Waals surface area contributed by atoms with Crippen molar-refractivity contribution >= 4 is 17.3 Å². The van der Waals surface area contributed by atoms with Crippen molar-refractivity contribution in [3.05, 3.63) is 41.4 Å². The number of Topliss-reactive ketones (excluding diaryl/α,β-unsaturated/α-hetero) is 1. The standard InChI is InChI=1S/C19H26O4/c1-5-7-8-10-16(11-9-12-19(21)22-6-2)18-13-17(14(3)20)15(4)23-18/h9,11-13H,5-8,10H2,1-4H3/b12-9-,16-11-. The van der Waals surface area contributed by atoms with Gasteiger partial charge in [0.25, 0.3) is 0 Å². The lowest BCUT2D eigenvalue weighted by molar-refractivity contribution is -0.137. The van der Waals surface area contributed by atoms with E-state index in [0.29, 0.717) is 23.7 Å². The van der Waals surface area contributed by atoms with Gasteiger partial charge < -0.3 is 9.15 Å². The maximum absolute atomic E-state index is 11.6. The van der Waals surface area contributed by atoms with Gasteiger partial charge in [0, 0.05) is 6.08 Å². The quantitative estimate of drug-likeness (QED) is 0.214. The Hall–Kier alpha value is -2.10. The van der Waals surface area contributed by atoms with E-state index in [1.165, 1.54) is 13.0 Å². The Morgan fingerprint density at radius 1 is 1.26 bits per heavy atom. The Kier molecular flexibility index (Phi) is 8.09. The number of unbranched alkanes of at least 4 members (excludes halogenated alkanes) is 2. The molecule has 0 aliphatic rings. The second-order valence-electron chi connectivity index (χ2n) is 5.40. The monoisotopic (exact) mass is 318 g/mol. The van der Waals surface area contributed by atoms with Crippen molar-refractivity contribution in [1.82, 2.24) is 0 Å². The van der Waals surface area contributed by atoms with Gasteiger partial charge in [0.1, 0.15) is 11.5 Å². The summed E-state index contributed by atoms with van der Waals surface area (Å²) in [5.74, 6) is 0.949. The minimum absolute atomic E-state index is 0.00697. The van der Waals surface area contributed by atoms with Gasteiger partial charge in [0.05, 0.1) is 12.2 Å². The van der Waals surface area contributed by atoms with Crippen LogP contribution in [0, 0.1) is 6.92 Å². The zero-order valence-electron chi connectivity index (χ0n) is 14.5. The van der Waals surface area contributed by atoms with Crippen molar-refractivity contribution in [2.45, 2.75) is 53.4 Å². The third-order valence-electron chi connectivity index (χ3n) is 3.48. The fourth-order valence-corrected chi connectivity index (χ4v) is 2.28. The molecule has 0 aliphatic carbocycles. The Balaban J connectivity index is 2.97.